The molecule has 7 nitrogen and oxygen atoms in total. The van der Waals surface area contributed by atoms with E-state index in [0.717, 1.165) is 37.4 Å². The largest absolute Gasteiger partial charge is 0.494 e. The van der Waals surface area contributed by atoms with Gasteiger partial charge in [0.05, 0.1) is 17.3 Å². The molecule has 0 spiro atoms. The molecule has 1 heterocycles. The molecule has 0 unspecified atom stereocenters. The maximum atomic E-state index is 12.5. The molecule has 1 fully saturated rings. The van der Waals surface area contributed by atoms with Crippen molar-refractivity contribution in [1.29, 1.82) is 0 Å². The van der Waals surface area contributed by atoms with Gasteiger partial charge in [0.15, 0.2) is 5.11 Å². The fourth-order valence-corrected chi connectivity index (χ4v) is 3.99. The van der Waals surface area contributed by atoms with E-state index in [1.807, 2.05) is 17.0 Å². The number of carbonyl (C=O) groups excluding carboxylic acids is 2. The van der Waals surface area contributed by atoms with Gasteiger partial charge >= 0.3 is 0 Å². The van der Waals surface area contributed by atoms with Gasteiger partial charge in [0.25, 0.3) is 5.91 Å². The van der Waals surface area contributed by atoms with E-state index in [4.69, 9.17) is 28.6 Å². The van der Waals surface area contributed by atoms with Gasteiger partial charge in [-0.25, -0.2) is 0 Å². The van der Waals surface area contributed by atoms with Crippen LogP contribution in [-0.2, 0) is 4.79 Å². The first-order chi connectivity index (χ1) is 15.9. The third-order valence-corrected chi connectivity index (χ3v) is 5.89. The highest BCUT2D eigenvalue weighted by Gasteiger charge is 2.20. The number of nitrogens with one attached hydrogen (secondary N) is 2. The SMILES string of the molecule is CCCCOc1ccc(C(=O)NC(=S)Nc2ccc(N3CCN(C(C)=O)CC3)c(Cl)c2)cc1. The van der Waals surface area contributed by atoms with Gasteiger partial charge < -0.3 is 19.9 Å². The summed E-state index contributed by atoms with van der Waals surface area (Å²) in [6.45, 7) is 7.15. The Morgan fingerprint density at radius 2 is 1.79 bits per heavy atom. The van der Waals surface area contributed by atoms with Crippen molar-refractivity contribution < 1.29 is 14.3 Å². The van der Waals surface area contributed by atoms with Gasteiger partial charge in [-0.15, -0.1) is 0 Å². The number of thiocarbonyl (C=S) groups is 1. The molecule has 0 bridgehead atoms. The third kappa shape index (κ3) is 7.07. The van der Waals surface area contributed by atoms with Gasteiger partial charge in [0, 0.05) is 44.4 Å². The van der Waals surface area contributed by atoms with Crippen molar-refractivity contribution in [2.75, 3.05) is 43.0 Å². The second-order valence-corrected chi connectivity index (χ2v) is 8.61. The van der Waals surface area contributed by atoms with Gasteiger partial charge in [0.1, 0.15) is 5.75 Å². The lowest BCUT2D eigenvalue weighted by molar-refractivity contribution is -0.129. The monoisotopic (exact) mass is 488 g/mol. The van der Waals surface area contributed by atoms with E-state index < -0.39 is 0 Å². The maximum Gasteiger partial charge on any atom is 0.257 e. The van der Waals surface area contributed by atoms with Crippen LogP contribution < -0.4 is 20.3 Å². The van der Waals surface area contributed by atoms with Crippen molar-refractivity contribution in [3.63, 3.8) is 0 Å². The van der Waals surface area contributed by atoms with Gasteiger partial charge in [-0.2, -0.15) is 0 Å². The normalized spacial score (nSPS) is 13.4. The summed E-state index contributed by atoms with van der Waals surface area (Å²) < 4.78 is 5.62. The quantitative estimate of drug-likeness (QED) is 0.447. The van der Waals surface area contributed by atoms with Crippen molar-refractivity contribution in [3.8, 4) is 5.75 Å². The summed E-state index contributed by atoms with van der Waals surface area (Å²) >= 11 is 11.8. The number of amides is 2. The highest BCUT2D eigenvalue weighted by molar-refractivity contribution is 7.80. The number of rotatable bonds is 7. The summed E-state index contributed by atoms with van der Waals surface area (Å²) in [5, 5.41) is 6.43. The maximum absolute atomic E-state index is 12.5. The van der Waals surface area contributed by atoms with Gasteiger partial charge in [-0.05, 0) is 61.1 Å². The van der Waals surface area contributed by atoms with Crippen LogP contribution in [0.5, 0.6) is 5.75 Å². The number of anilines is 2. The van der Waals surface area contributed by atoms with Crippen LogP contribution in [0.1, 0.15) is 37.0 Å². The molecule has 0 atom stereocenters. The molecule has 2 N–H and O–H groups in total. The Kier molecular flexibility index (Phi) is 8.91. The molecule has 0 saturated carbocycles. The van der Waals surface area contributed by atoms with E-state index in [2.05, 4.69) is 22.5 Å². The smallest absolute Gasteiger partial charge is 0.257 e. The Labute approximate surface area is 205 Å². The summed E-state index contributed by atoms with van der Waals surface area (Å²) in [5.41, 5.74) is 2.07. The molecule has 9 heteroatoms. The first kappa shape index (κ1) is 24.8. The predicted octanol–water partition coefficient (Wildman–Crippen LogP) is 4.31. The van der Waals surface area contributed by atoms with E-state index in [1.165, 1.54) is 0 Å². The van der Waals surface area contributed by atoms with E-state index in [9.17, 15) is 9.59 Å². The molecular formula is C24H29ClN4O3S. The summed E-state index contributed by atoms with van der Waals surface area (Å²) in [6, 6.07) is 12.5. The zero-order chi connectivity index (χ0) is 23.8. The van der Waals surface area contributed by atoms with Crippen molar-refractivity contribution in [1.82, 2.24) is 10.2 Å². The summed E-state index contributed by atoms with van der Waals surface area (Å²) in [5.74, 6) is 0.518. The number of piperazine rings is 1. The van der Waals surface area contributed by atoms with Crippen LogP contribution in [0.4, 0.5) is 11.4 Å². The molecule has 33 heavy (non-hydrogen) atoms. The number of carbonyl (C=O) groups is 2. The molecule has 0 aliphatic carbocycles. The minimum Gasteiger partial charge on any atom is -0.494 e. The van der Waals surface area contributed by atoms with Crippen LogP contribution in [0.25, 0.3) is 0 Å². The van der Waals surface area contributed by atoms with Gasteiger partial charge in [-0.3, -0.25) is 14.9 Å². The fourth-order valence-electron chi connectivity index (χ4n) is 3.48. The Balaban J connectivity index is 1.52. The Morgan fingerprint density at radius 1 is 1.09 bits per heavy atom. The summed E-state index contributed by atoms with van der Waals surface area (Å²) in [6.07, 6.45) is 2.06. The van der Waals surface area contributed by atoms with Crippen LogP contribution >= 0.6 is 23.8 Å². The minimum atomic E-state index is -0.307. The van der Waals surface area contributed by atoms with Crippen LogP contribution in [0, 0.1) is 0 Å². The van der Waals surface area contributed by atoms with E-state index >= 15 is 0 Å². The highest BCUT2D eigenvalue weighted by Crippen LogP contribution is 2.29. The Hall–Kier alpha value is -2.84. The van der Waals surface area contributed by atoms with Crippen molar-refractivity contribution >= 4 is 52.1 Å². The van der Waals surface area contributed by atoms with Crippen LogP contribution in [0.3, 0.4) is 0 Å². The fraction of sp³-hybridized carbons (Fsp3) is 0.375. The number of nitrogens with zero attached hydrogens (tertiary/aromatic N) is 2. The minimum absolute atomic E-state index is 0.0899. The van der Waals surface area contributed by atoms with Gasteiger partial charge in [-0.1, -0.05) is 24.9 Å². The lowest BCUT2D eigenvalue weighted by atomic mass is 10.2. The number of hydrogen-bond acceptors (Lipinski definition) is 5. The highest BCUT2D eigenvalue weighted by atomic mass is 35.5. The average Bonchev–Trinajstić information content (AvgIpc) is 2.80. The Bertz CT molecular complexity index is 992. The lowest BCUT2D eigenvalue weighted by Crippen LogP contribution is -2.48. The molecule has 1 aliphatic rings. The predicted molar refractivity (Wildman–Crippen MR) is 136 cm³/mol. The zero-order valence-corrected chi connectivity index (χ0v) is 20.5. The van der Waals surface area contributed by atoms with Gasteiger partial charge in [0.2, 0.25) is 5.91 Å². The van der Waals surface area contributed by atoms with E-state index in [0.29, 0.717) is 36.0 Å². The van der Waals surface area contributed by atoms with Crippen LogP contribution in [0.2, 0.25) is 5.02 Å². The summed E-state index contributed by atoms with van der Waals surface area (Å²) in [7, 11) is 0. The Morgan fingerprint density at radius 3 is 2.39 bits per heavy atom. The van der Waals surface area contributed by atoms with Crippen LogP contribution in [-0.4, -0.2) is 54.6 Å². The van der Waals surface area contributed by atoms with Crippen molar-refractivity contribution in [2.45, 2.75) is 26.7 Å². The molecule has 0 radical (unpaired) electrons. The molecule has 2 amide bonds. The average molecular weight is 489 g/mol. The number of unbranched alkanes of at least 4 members (excludes halogenated alkanes) is 1. The number of benzene rings is 2. The van der Waals surface area contributed by atoms with Crippen molar-refractivity contribution in [2.24, 2.45) is 0 Å². The van der Waals surface area contributed by atoms with E-state index in [1.54, 1.807) is 37.3 Å². The molecule has 0 aromatic heterocycles. The van der Waals surface area contributed by atoms with E-state index in [-0.39, 0.29) is 16.9 Å². The lowest BCUT2D eigenvalue weighted by Gasteiger charge is -2.36. The zero-order valence-electron chi connectivity index (χ0n) is 18.9. The first-order valence-electron chi connectivity index (χ1n) is 11.0. The standard InChI is InChI=1S/C24H29ClN4O3S/c1-3-4-15-32-20-8-5-18(6-9-20)23(31)27-24(33)26-19-7-10-22(21(25)16-19)29-13-11-28(12-14-29)17(2)30/h5-10,16H,3-4,11-15H2,1-2H3,(H2,26,27,31,33). The summed E-state index contributed by atoms with van der Waals surface area (Å²) in [4.78, 5) is 28.0. The first-order valence-corrected chi connectivity index (χ1v) is 11.8. The molecule has 1 aliphatic heterocycles. The molecule has 1 saturated heterocycles. The van der Waals surface area contributed by atoms with Crippen molar-refractivity contribution in [3.05, 3.63) is 53.1 Å². The second kappa shape index (κ2) is 11.9. The molecular weight excluding hydrogens is 460 g/mol. The second-order valence-electron chi connectivity index (χ2n) is 7.79. The third-order valence-electron chi connectivity index (χ3n) is 5.38. The molecule has 3 rings (SSSR count). The number of halogens is 1. The number of hydrogen-bond donors (Lipinski definition) is 2. The van der Waals surface area contributed by atoms with Crippen LogP contribution in [0.15, 0.2) is 42.5 Å². The number of ether oxygens (including phenoxy) is 1. The molecule has 2 aromatic rings. The molecule has 176 valence electrons. The molecule has 2 aromatic carbocycles. The topological polar surface area (TPSA) is 73.9 Å².